The number of nitrogens with one attached hydrogen (secondary N) is 1. The molecule has 1 aliphatic rings. The Labute approximate surface area is 156 Å². The zero-order valence-corrected chi connectivity index (χ0v) is 15.4. The molecule has 27 heavy (non-hydrogen) atoms. The summed E-state index contributed by atoms with van der Waals surface area (Å²) in [7, 11) is -3.50. The fourth-order valence-electron chi connectivity index (χ4n) is 3.22. The summed E-state index contributed by atoms with van der Waals surface area (Å²) in [5.41, 5.74) is 1.56. The van der Waals surface area contributed by atoms with E-state index in [1.165, 1.54) is 9.08 Å². The van der Waals surface area contributed by atoms with Gasteiger partial charge in [-0.2, -0.15) is 0 Å². The molecule has 142 valence electrons. The molecule has 3 heterocycles. The molecule has 2 aromatic heterocycles. The normalized spacial score (nSPS) is 17.4. The molecule has 1 saturated heterocycles. The zero-order chi connectivity index (χ0) is 18.9. The standard InChI is InChI=1S/C18H20N4O4S/c23-18-21-9-2-1-8-17(21)19-22(18)12-14-5-3-6-15(11-14)20-27(24,25)13-16-7-4-10-26-16/h1-3,5-6,8-9,11,16,20H,4,7,10,12-13H2/t16-/m1/s1. The van der Waals surface area contributed by atoms with Crippen molar-refractivity contribution in [2.24, 2.45) is 0 Å². The minimum Gasteiger partial charge on any atom is -0.377 e. The van der Waals surface area contributed by atoms with Crippen molar-refractivity contribution in [3.8, 4) is 0 Å². The quantitative estimate of drug-likeness (QED) is 0.690. The summed E-state index contributed by atoms with van der Waals surface area (Å²) >= 11 is 0. The van der Waals surface area contributed by atoms with Gasteiger partial charge >= 0.3 is 5.69 Å². The number of benzene rings is 1. The predicted molar refractivity (Wildman–Crippen MR) is 101 cm³/mol. The van der Waals surface area contributed by atoms with Crippen LogP contribution < -0.4 is 10.4 Å². The Morgan fingerprint density at radius 3 is 2.89 bits per heavy atom. The number of hydrogen-bond acceptors (Lipinski definition) is 5. The van der Waals surface area contributed by atoms with Gasteiger partial charge < -0.3 is 4.74 Å². The van der Waals surface area contributed by atoms with Gasteiger partial charge in [-0.15, -0.1) is 5.10 Å². The van der Waals surface area contributed by atoms with Crippen molar-refractivity contribution in [1.29, 1.82) is 0 Å². The summed E-state index contributed by atoms with van der Waals surface area (Å²) in [6.45, 7) is 0.866. The molecule has 0 aliphatic carbocycles. The first-order chi connectivity index (χ1) is 13.0. The van der Waals surface area contributed by atoms with Gasteiger partial charge in [-0.1, -0.05) is 18.2 Å². The highest BCUT2D eigenvalue weighted by Crippen LogP contribution is 2.17. The van der Waals surface area contributed by atoms with E-state index in [4.69, 9.17) is 4.74 Å². The largest absolute Gasteiger partial charge is 0.377 e. The van der Waals surface area contributed by atoms with E-state index in [2.05, 4.69) is 9.82 Å². The smallest absolute Gasteiger partial charge is 0.350 e. The van der Waals surface area contributed by atoms with Crippen LogP contribution in [0.4, 0.5) is 5.69 Å². The average Bonchev–Trinajstić information content (AvgIpc) is 3.23. The van der Waals surface area contributed by atoms with Gasteiger partial charge in [0.15, 0.2) is 5.65 Å². The number of pyridine rings is 1. The topological polar surface area (TPSA) is 94.7 Å². The Bertz CT molecular complexity index is 1110. The zero-order valence-electron chi connectivity index (χ0n) is 14.6. The molecule has 1 aliphatic heterocycles. The second-order valence-corrected chi connectivity index (χ2v) is 8.35. The molecular formula is C18H20N4O4S. The van der Waals surface area contributed by atoms with Crippen molar-refractivity contribution in [3.05, 3.63) is 64.7 Å². The molecule has 1 fully saturated rings. The molecule has 9 heteroatoms. The Balaban J connectivity index is 1.51. The third kappa shape index (κ3) is 4.04. The van der Waals surface area contributed by atoms with Crippen LogP contribution >= 0.6 is 0 Å². The van der Waals surface area contributed by atoms with Crippen LogP contribution in [0.1, 0.15) is 18.4 Å². The summed E-state index contributed by atoms with van der Waals surface area (Å²) in [4.78, 5) is 12.4. The lowest BCUT2D eigenvalue weighted by Gasteiger charge is -2.12. The molecule has 1 aromatic carbocycles. The van der Waals surface area contributed by atoms with Crippen LogP contribution in [0, 0.1) is 0 Å². The van der Waals surface area contributed by atoms with Gasteiger partial charge in [0.25, 0.3) is 0 Å². The Morgan fingerprint density at radius 1 is 1.22 bits per heavy atom. The molecule has 1 atom stereocenters. The highest BCUT2D eigenvalue weighted by Gasteiger charge is 2.23. The van der Waals surface area contributed by atoms with Gasteiger partial charge in [-0.05, 0) is 42.7 Å². The molecule has 0 bridgehead atoms. The van der Waals surface area contributed by atoms with Crippen LogP contribution in [0.5, 0.6) is 0 Å². The maximum atomic E-state index is 12.4. The Kier molecular flexibility index (Phi) is 4.71. The van der Waals surface area contributed by atoms with Crippen LogP contribution in [0.3, 0.4) is 0 Å². The summed E-state index contributed by atoms with van der Waals surface area (Å²) in [5, 5.41) is 4.29. The van der Waals surface area contributed by atoms with Crippen LogP contribution in [-0.2, 0) is 21.3 Å². The van der Waals surface area contributed by atoms with Crippen LogP contribution in [-0.4, -0.2) is 41.1 Å². The fraction of sp³-hybridized carbons (Fsp3) is 0.333. The first kappa shape index (κ1) is 17.7. The van der Waals surface area contributed by atoms with E-state index in [0.29, 0.717) is 17.9 Å². The number of nitrogens with zero attached hydrogens (tertiary/aromatic N) is 3. The van der Waals surface area contributed by atoms with E-state index in [1.807, 2.05) is 12.1 Å². The third-order valence-corrected chi connectivity index (χ3v) is 5.81. The molecule has 0 saturated carbocycles. The lowest BCUT2D eigenvalue weighted by molar-refractivity contribution is 0.127. The Hall–Kier alpha value is -2.65. The number of rotatable bonds is 6. The van der Waals surface area contributed by atoms with Crippen molar-refractivity contribution in [2.75, 3.05) is 17.1 Å². The number of ether oxygens (including phenoxy) is 1. The van der Waals surface area contributed by atoms with Crippen molar-refractivity contribution in [1.82, 2.24) is 14.2 Å². The molecule has 3 aromatic rings. The molecule has 0 unspecified atom stereocenters. The van der Waals surface area contributed by atoms with E-state index < -0.39 is 10.0 Å². The van der Waals surface area contributed by atoms with Crippen molar-refractivity contribution in [3.63, 3.8) is 0 Å². The summed E-state index contributed by atoms with van der Waals surface area (Å²) in [6.07, 6.45) is 3.07. The van der Waals surface area contributed by atoms with Gasteiger partial charge in [0.2, 0.25) is 10.0 Å². The second-order valence-electron chi connectivity index (χ2n) is 6.59. The second kappa shape index (κ2) is 7.16. The lowest BCUT2D eigenvalue weighted by Crippen LogP contribution is -2.25. The van der Waals surface area contributed by atoms with Crippen LogP contribution in [0.2, 0.25) is 0 Å². The van der Waals surface area contributed by atoms with Crippen LogP contribution in [0.25, 0.3) is 5.65 Å². The minimum atomic E-state index is -3.50. The maximum absolute atomic E-state index is 12.4. The number of anilines is 1. The van der Waals surface area contributed by atoms with Gasteiger partial charge in [-0.25, -0.2) is 17.9 Å². The SMILES string of the molecule is O=c1n(Cc2cccc(NS(=O)(=O)C[C@H]3CCCO3)c2)nc2ccccn12. The summed E-state index contributed by atoms with van der Waals surface area (Å²) < 4.78 is 35.5. The summed E-state index contributed by atoms with van der Waals surface area (Å²) in [6, 6.07) is 12.3. The molecule has 4 rings (SSSR count). The first-order valence-electron chi connectivity index (χ1n) is 8.75. The van der Waals surface area contributed by atoms with E-state index >= 15 is 0 Å². The fourth-order valence-corrected chi connectivity index (χ4v) is 4.54. The molecule has 1 N–H and O–H groups in total. The van der Waals surface area contributed by atoms with Gasteiger partial charge in [0.05, 0.1) is 18.4 Å². The third-order valence-electron chi connectivity index (χ3n) is 4.45. The first-order valence-corrected chi connectivity index (χ1v) is 10.4. The van der Waals surface area contributed by atoms with E-state index in [1.54, 1.807) is 36.5 Å². The highest BCUT2D eigenvalue weighted by atomic mass is 32.2. The van der Waals surface area contributed by atoms with Gasteiger partial charge in [0.1, 0.15) is 0 Å². The minimum absolute atomic E-state index is 0.0525. The number of fused-ring (bicyclic) bond motifs is 1. The number of hydrogen-bond donors (Lipinski definition) is 1. The van der Waals surface area contributed by atoms with E-state index in [0.717, 1.165) is 18.4 Å². The maximum Gasteiger partial charge on any atom is 0.350 e. The van der Waals surface area contributed by atoms with Crippen molar-refractivity contribution in [2.45, 2.75) is 25.5 Å². The summed E-state index contributed by atoms with van der Waals surface area (Å²) in [5.74, 6) is -0.0525. The van der Waals surface area contributed by atoms with E-state index in [-0.39, 0.29) is 24.1 Å². The average molecular weight is 388 g/mol. The molecule has 0 amide bonds. The molecule has 8 nitrogen and oxygen atoms in total. The van der Waals surface area contributed by atoms with Crippen molar-refractivity contribution < 1.29 is 13.2 Å². The van der Waals surface area contributed by atoms with E-state index in [9.17, 15) is 13.2 Å². The monoisotopic (exact) mass is 388 g/mol. The van der Waals surface area contributed by atoms with Gasteiger partial charge in [0, 0.05) is 18.5 Å². The molecule has 0 radical (unpaired) electrons. The molecule has 0 spiro atoms. The Morgan fingerprint density at radius 2 is 2.11 bits per heavy atom. The molecular weight excluding hydrogens is 368 g/mol. The van der Waals surface area contributed by atoms with Crippen molar-refractivity contribution >= 4 is 21.4 Å². The lowest BCUT2D eigenvalue weighted by atomic mass is 10.2. The van der Waals surface area contributed by atoms with Crippen LogP contribution in [0.15, 0.2) is 53.5 Å². The highest BCUT2D eigenvalue weighted by molar-refractivity contribution is 7.92. The predicted octanol–water partition coefficient (Wildman–Crippen LogP) is 1.46. The van der Waals surface area contributed by atoms with Gasteiger partial charge in [-0.3, -0.25) is 9.12 Å². The number of aromatic nitrogens is 3. The number of sulfonamides is 1.